The Morgan fingerprint density at radius 3 is 2.39 bits per heavy atom. The molecule has 0 spiro atoms. The lowest BCUT2D eigenvalue weighted by Crippen LogP contribution is -2.39. The Bertz CT molecular complexity index is 584. The number of nitrogens with zero attached hydrogens (tertiary/aromatic N) is 2. The highest BCUT2D eigenvalue weighted by Crippen LogP contribution is 2.20. The lowest BCUT2D eigenvalue weighted by atomic mass is 10.1. The van der Waals surface area contributed by atoms with Crippen LogP contribution in [-0.2, 0) is 14.0 Å². The summed E-state index contributed by atoms with van der Waals surface area (Å²) >= 11 is 3.93. The van der Waals surface area contributed by atoms with Gasteiger partial charge < -0.3 is 10.1 Å². The van der Waals surface area contributed by atoms with Gasteiger partial charge in [0, 0.05) is 54.8 Å². The molecule has 33 heavy (non-hydrogen) atoms. The summed E-state index contributed by atoms with van der Waals surface area (Å²) in [7, 11) is 1.47. The first-order valence-electron chi connectivity index (χ1n) is 11.9. The number of anilines is 1. The molecule has 1 aromatic rings. The molecule has 0 atom stereocenters. The Morgan fingerprint density at radius 1 is 0.970 bits per heavy atom. The molecule has 0 aliphatic heterocycles. The smallest absolute Gasteiger partial charge is 0.333 e. The lowest BCUT2D eigenvalue weighted by molar-refractivity contribution is -0.160. The minimum atomic E-state index is -0.304. The van der Waals surface area contributed by atoms with Crippen molar-refractivity contribution in [3.8, 4) is 0 Å². The van der Waals surface area contributed by atoms with Gasteiger partial charge in [-0.15, -0.1) is 0 Å². The number of urea groups is 1. The Balaban J connectivity index is 1.86. The first-order valence-corrected chi connectivity index (χ1v) is 14.6. The molecule has 3 N–H and O–H groups in total. The molecule has 0 aliphatic rings. The van der Waals surface area contributed by atoms with Crippen molar-refractivity contribution in [1.82, 2.24) is 20.1 Å². The van der Waals surface area contributed by atoms with Crippen LogP contribution in [0.4, 0.5) is 9.93 Å². The number of carbonyl (C=O) groups excluding carboxylic acids is 1. The zero-order chi connectivity index (χ0) is 23.8. The molecule has 0 saturated heterocycles. The van der Waals surface area contributed by atoms with Crippen molar-refractivity contribution in [3.63, 3.8) is 0 Å². The number of ether oxygens (including phenoxy) is 1. The number of aromatic nitrogens is 2. The number of thioether (sulfide) groups is 1. The van der Waals surface area contributed by atoms with E-state index in [4.69, 9.17) is 9.07 Å². The van der Waals surface area contributed by atoms with E-state index in [1.165, 1.54) is 100 Å². The van der Waals surface area contributed by atoms with Crippen LogP contribution in [0.3, 0.4) is 0 Å². The topological polar surface area (TPSA) is 107 Å². The maximum Gasteiger partial charge on any atom is 0.333 e. The van der Waals surface area contributed by atoms with Crippen LogP contribution >= 0.6 is 35.3 Å². The van der Waals surface area contributed by atoms with Gasteiger partial charge in [0.25, 0.3) is 0 Å². The third-order valence-electron chi connectivity index (χ3n) is 4.60. The van der Waals surface area contributed by atoms with E-state index in [-0.39, 0.29) is 6.03 Å². The molecule has 2 amide bonds. The number of hydrogen-bond acceptors (Lipinski definition) is 10. The Morgan fingerprint density at radius 2 is 1.67 bits per heavy atom. The normalized spacial score (nSPS) is 11.0. The summed E-state index contributed by atoms with van der Waals surface area (Å²) in [6.07, 6.45) is 14.1. The standard InChI is InChI=1S/C21H41N5O4S3/c1-3-4-5-6-7-8-9-10-11-12-15-29-16-13-14-22-19(27)24-25-20-23-21(26-33-20)31-17-18-32-30-28-2/h3-18H2,1-2H3,(H2,22,24,27)(H,23,25,26). The van der Waals surface area contributed by atoms with Crippen molar-refractivity contribution in [2.24, 2.45) is 0 Å². The van der Waals surface area contributed by atoms with Crippen LogP contribution in [0, 0.1) is 0 Å². The highest BCUT2D eigenvalue weighted by molar-refractivity contribution is 8.01. The molecule has 9 nitrogen and oxygen atoms in total. The van der Waals surface area contributed by atoms with E-state index in [0.29, 0.717) is 23.4 Å². The van der Waals surface area contributed by atoms with Gasteiger partial charge in [-0.1, -0.05) is 76.5 Å². The second-order valence-corrected chi connectivity index (χ2v) is 10.0. The second-order valence-electron chi connectivity index (χ2n) is 7.44. The van der Waals surface area contributed by atoms with Crippen molar-refractivity contribution >= 4 is 46.5 Å². The molecule has 1 aromatic heterocycles. The van der Waals surface area contributed by atoms with Crippen LogP contribution in [0.15, 0.2) is 5.16 Å². The Labute approximate surface area is 211 Å². The molecule has 0 unspecified atom stereocenters. The van der Waals surface area contributed by atoms with Gasteiger partial charge in [0.2, 0.25) is 10.3 Å². The molecule has 0 bridgehead atoms. The van der Waals surface area contributed by atoms with Crippen LogP contribution in [0.5, 0.6) is 0 Å². The number of hydrogen-bond donors (Lipinski definition) is 3. The molecule has 1 heterocycles. The van der Waals surface area contributed by atoms with Gasteiger partial charge >= 0.3 is 6.03 Å². The predicted octanol–water partition coefficient (Wildman–Crippen LogP) is 5.81. The molecule has 192 valence electrons. The second kappa shape index (κ2) is 23.0. The predicted molar refractivity (Wildman–Crippen MR) is 139 cm³/mol. The van der Waals surface area contributed by atoms with Gasteiger partial charge in [0.15, 0.2) is 0 Å². The number of hydrazine groups is 1. The van der Waals surface area contributed by atoms with Crippen LogP contribution < -0.4 is 16.2 Å². The van der Waals surface area contributed by atoms with Crippen LogP contribution in [0.25, 0.3) is 0 Å². The first-order chi connectivity index (χ1) is 16.3. The fraction of sp³-hybridized carbons (Fsp3) is 0.857. The number of nitrogens with one attached hydrogen (secondary N) is 3. The highest BCUT2D eigenvalue weighted by atomic mass is 32.2. The third-order valence-corrected chi connectivity index (χ3v) is 7.05. The minimum absolute atomic E-state index is 0.304. The van der Waals surface area contributed by atoms with Crippen LogP contribution in [-0.4, -0.2) is 53.8 Å². The SMILES string of the molecule is CCCCCCCCCCCCOCCCNC(=O)NNc1nc(SCCSOOC)ns1. The average Bonchev–Trinajstić information content (AvgIpc) is 3.28. The molecule has 0 saturated carbocycles. The number of unbranched alkanes of at least 4 members (excludes halogenated alkanes) is 9. The van der Waals surface area contributed by atoms with E-state index < -0.39 is 0 Å². The maximum absolute atomic E-state index is 11.8. The van der Waals surface area contributed by atoms with Crippen molar-refractivity contribution in [2.45, 2.75) is 82.7 Å². The summed E-state index contributed by atoms with van der Waals surface area (Å²) < 4.78 is 14.6. The Hall–Kier alpha value is -0.790. The van der Waals surface area contributed by atoms with Crippen molar-refractivity contribution in [3.05, 3.63) is 0 Å². The van der Waals surface area contributed by atoms with E-state index in [0.717, 1.165) is 31.0 Å². The monoisotopic (exact) mass is 523 g/mol. The van der Waals surface area contributed by atoms with Crippen molar-refractivity contribution in [1.29, 1.82) is 0 Å². The van der Waals surface area contributed by atoms with Gasteiger partial charge in [-0.2, -0.15) is 13.7 Å². The van der Waals surface area contributed by atoms with Gasteiger partial charge in [-0.05, 0) is 12.8 Å². The fourth-order valence-electron chi connectivity index (χ4n) is 2.89. The maximum atomic E-state index is 11.8. The molecular weight excluding hydrogens is 482 g/mol. The van der Waals surface area contributed by atoms with E-state index in [9.17, 15) is 4.79 Å². The number of rotatable bonds is 23. The summed E-state index contributed by atoms with van der Waals surface area (Å²) in [5.41, 5.74) is 5.33. The van der Waals surface area contributed by atoms with E-state index in [1.807, 2.05) is 0 Å². The quantitative estimate of drug-likeness (QED) is 0.0538. The summed E-state index contributed by atoms with van der Waals surface area (Å²) in [6, 6.07) is -0.304. The molecule has 12 heteroatoms. The zero-order valence-electron chi connectivity index (χ0n) is 20.1. The molecular formula is C21H41N5O4S3. The molecule has 0 aromatic carbocycles. The van der Waals surface area contributed by atoms with E-state index in [2.05, 4.69) is 37.3 Å². The summed E-state index contributed by atoms with van der Waals surface area (Å²) in [6.45, 7) is 4.29. The molecule has 1 rings (SSSR count). The Kier molecular flexibility index (Phi) is 21.1. The minimum Gasteiger partial charge on any atom is -0.381 e. The summed E-state index contributed by atoms with van der Waals surface area (Å²) in [5, 5.41) is 3.98. The number of carbonyl (C=O) groups is 1. The zero-order valence-corrected chi connectivity index (χ0v) is 22.5. The molecule has 0 radical (unpaired) electrons. The van der Waals surface area contributed by atoms with Crippen LogP contribution in [0.2, 0.25) is 0 Å². The van der Waals surface area contributed by atoms with E-state index in [1.54, 1.807) is 0 Å². The summed E-state index contributed by atoms with van der Waals surface area (Å²) in [4.78, 5) is 20.6. The highest BCUT2D eigenvalue weighted by Gasteiger charge is 2.06. The van der Waals surface area contributed by atoms with Gasteiger partial charge in [0.05, 0.1) is 7.11 Å². The van der Waals surface area contributed by atoms with Gasteiger partial charge in [-0.25, -0.2) is 15.1 Å². The third kappa shape index (κ3) is 19.2. The van der Waals surface area contributed by atoms with Crippen molar-refractivity contribution in [2.75, 3.05) is 43.8 Å². The molecule has 0 aliphatic carbocycles. The average molecular weight is 524 g/mol. The largest absolute Gasteiger partial charge is 0.381 e. The van der Waals surface area contributed by atoms with E-state index >= 15 is 0 Å². The number of amides is 2. The van der Waals surface area contributed by atoms with Gasteiger partial charge in [-0.3, -0.25) is 5.43 Å². The molecule has 0 fully saturated rings. The van der Waals surface area contributed by atoms with Crippen molar-refractivity contribution < 1.29 is 18.8 Å². The first kappa shape index (κ1) is 30.2. The van der Waals surface area contributed by atoms with Gasteiger partial charge in [0.1, 0.15) is 0 Å². The fourth-order valence-corrected chi connectivity index (χ4v) is 4.81. The lowest BCUT2D eigenvalue weighted by Gasteiger charge is -2.08. The summed E-state index contributed by atoms with van der Waals surface area (Å²) in [5.74, 6) is 1.55. The van der Waals surface area contributed by atoms with Crippen LogP contribution in [0.1, 0.15) is 77.6 Å².